The average Bonchev–Trinajstić information content (AvgIpc) is 2.69. The Balaban J connectivity index is 1.92. The van der Waals surface area contributed by atoms with Crippen LogP contribution in [0.2, 0.25) is 0 Å². The Kier molecular flexibility index (Phi) is 4.30. The highest BCUT2D eigenvalue weighted by Crippen LogP contribution is 2.28. The molecule has 1 aromatic heterocycles. The molecule has 1 fully saturated rings. The van der Waals surface area contributed by atoms with Gasteiger partial charge in [0, 0.05) is 11.6 Å². The van der Waals surface area contributed by atoms with Crippen molar-refractivity contribution in [2.75, 3.05) is 0 Å². The minimum atomic E-state index is -0.997. The fourth-order valence-electron chi connectivity index (χ4n) is 3.05. The van der Waals surface area contributed by atoms with Crippen LogP contribution in [0.25, 0.3) is 0 Å². The third-order valence-electron chi connectivity index (χ3n) is 4.13. The SMILES string of the molecule is Cc1cc(CNC2CCC(C)CC2C)oc1C(=O)O. The maximum Gasteiger partial charge on any atom is 0.372 e. The molecular weight excluding hydrogens is 242 g/mol. The summed E-state index contributed by atoms with van der Waals surface area (Å²) in [4.78, 5) is 10.9. The molecular formula is C15H23NO3. The summed E-state index contributed by atoms with van der Waals surface area (Å²) in [6.45, 7) is 6.96. The fraction of sp³-hybridized carbons (Fsp3) is 0.667. The maximum atomic E-state index is 10.9. The highest BCUT2D eigenvalue weighted by Gasteiger charge is 2.25. The Morgan fingerprint density at radius 1 is 1.47 bits per heavy atom. The molecule has 106 valence electrons. The van der Waals surface area contributed by atoms with E-state index < -0.39 is 5.97 Å². The summed E-state index contributed by atoms with van der Waals surface area (Å²) in [5.74, 6) is 1.25. The van der Waals surface area contributed by atoms with Crippen LogP contribution in [0, 0.1) is 18.8 Å². The topological polar surface area (TPSA) is 62.5 Å². The number of nitrogens with one attached hydrogen (secondary N) is 1. The van der Waals surface area contributed by atoms with Gasteiger partial charge >= 0.3 is 5.97 Å². The number of hydrogen-bond acceptors (Lipinski definition) is 3. The largest absolute Gasteiger partial charge is 0.475 e. The molecule has 2 rings (SSSR count). The molecule has 0 radical (unpaired) electrons. The number of carboxylic acids is 1. The second-order valence-electron chi connectivity index (χ2n) is 5.91. The van der Waals surface area contributed by atoms with Gasteiger partial charge in [0.2, 0.25) is 5.76 Å². The number of aryl methyl sites for hydroxylation is 1. The van der Waals surface area contributed by atoms with Crippen molar-refractivity contribution in [2.45, 2.75) is 52.6 Å². The van der Waals surface area contributed by atoms with E-state index in [-0.39, 0.29) is 5.76 Å². The third-order valence-corrected chi connectivity index (χ3v) is 4.13. The molecule has 4 heteroatoms. The van der Waals surface area contributed by atoms with Crippen molar-refractivity contribution in [3.63, 3.8) is 0 Å². The number of rotatable bonds is 4. The van der Waals surface area contributed by atoms with Crippen molar-refractivity contribution in [1.29, 1.82) is 0 Å². The van der Waals surface area contributed by atoms with Gasteiger partial charge in [-0.05, 0) is 44.1 Å². The zero-order valence-corrected chi connectivity index (χ0v) is 11.9. The van der Waals surface area contributed by atoms with Gasteiger partial charge in [-0.1, -0.05) is 13.8 Å². The van der Waals surface area contributed by atoms with E-state index in [0.29, 0.717) is 29.8 Å². The van der Waals surface area contributed by atoms with E-state index in [4.69, 9.17) is 9.52 Å². The molecule has 0 aromatic carbocycles. The van der Waals surface area contributed by atoms with Crippen molar-refractivity contribution in [3.05, 3.63) is 23.2 Å². The summed E-state index contributed by atoms with van der Waals surface area (Å²) in [6, 6.07) is 2.32. The van der Waals surface area contributed by atoms with Gasteiger partial charge in [0.05, 0.1) is 6.54 Å². The summed E-state index contributed by atoms with van der Waals surface area (Å²) in [5.41, 5.74) is 0.689. The van der Waals surface area contributed by atoms with E-state index in [1.807, 2.05) is 6.07 Å². The van der Waals surface area contributed by atoms with Gasteiger partial charge in [0.25, 0.3) is 0 Å². The molecule has 1 aliphatic rings. The van der Waals surface area contributed by atoms with Gasteiger partial charge in [-0.3, -0.25) is 0 Å². The first-order chi connectivity index (χ1) is 8.97. The van der Waals surface area contributed by atoms with Gasteiger partial charge in [-0.15, -0.1) is 0 Å². The van der Waals surface area contributed by atoms with E-state index in [9.17, 15) is 4.79 Å². The summed E-state index contributed by atoms with van der Waals surface area (Å²) < 4.78 is 5.36. The van der Waals surface area contributed by atoms with Crippen molar-refractivity contribution in [3.8, 4) is 0 Å². The van der Waals surface area contributed by atoms with Crippen LogP contribution >= 0.6 is 0 Å². The Hall–Kier alpha value is -1.29. The highest BCUT2D eigenvalue weighted by molar-refractivity contribution is 5.86. The van der Waals surface area contributed by atoms with Crippen molar-refractivity contribution in [1.82, 2.24) is 5.32 Å². The fourth-order valence-corrected chi connectivity index (χ4v) is 3.05. The quantitative estimate of drug-likeness (QED) is 0.877. The van der Waals surface area contributed by atoms with Crippen LogP contribution in [0.5, 0.6) is 0 Å². The standard InChI is InChI=1S/C15H23NO3/c1-9-4-5-13(10(2)6-9)16-8-12-7-11(3)14(19-12)15(17)18/h7,9-10,13,16H,4-6,8H2,1-3H3,(H,17,18). The smallest absolute Gasteiger partial charge is 0.372 e. The van der Waals surface area contributed by atoms with Crippen LogP contribution in [0.15, 0.2) is 10.5 Å². The van der Waals surface area contributed by atoms with Crippen molar-refractivity contribution in [2.24, 2.45) is 11.8 Å². The summed E-state index contributed by atoms with van der Waals surface area (Å²) >= 11 is 0. The van der Waals surface area contributed by atoms with Crippen molar-refractivity contribution < 1.29 is 14.3 Å². The summed E-state index contributed by atoms with van der Waals surface area (Å²) in [6.07, 6.45) is 3.71. The Bertz CT molecular complexity index is 452. The molecule has 1 heterocycles. The second kappa shape index (κ2) is 5.78. The first kappa shape index (κ1) is 14.1. The minimum absolute atomic E-state index is 0.0575. The lowest BCUT2D eigenvalue weighted by Gasteiger charge is -2.33. The Labute approximate surface area is 114 Å². The second-order valence-corrected chi connectivity index (χ2v) is 5.91. The average molecular weight is 265 g/mol. The monoisotopic (exact) mass is 265 g/mol. The zero-order chi connectivity index (χ0) is 14.0. The molecule has 1 aromatic rings. The number of carboxylic acid groups (broad SMARTS) is 1. The van der Waals surface area contributed by atoms with E-state index in [2.05, 4.69) is 19.2 Å². The lowest BCUT2D eigenvalue weighted by Crippen LogP contribution is -2.38. The summed E-state index contributed by atoms with van der Waals surface area (Å²) in [7, 11) is 0. The van der Waals surface area contributed by atoms with Crippen LogP contribution in [0.1, 0.15) is 55.0 Å². The molecule has 2 N–H and O–H groups in total. The molecule has 3 atom stereocenters. The molecule has 0 bridgehead atoms. The van der Waals surface area contributed by atoms with Crippen LogP contribution in [-0.2, 0) is 6.54 Å². The normalized spacial score (nSPS) is 27.4. The number of furan rings is 1. The van der Waals surface area contributed by atoms with Gasteiger partial charge in [-0.25, -0.2) is 4.79 Å². The predicted octanol–water partition coefficient (Wildman–Crippen LogP) is 3.20. The molecule has 1 saturated carbocycles. The Morgan fingerprint density at radius 3 is 2.79 bits per heavy atom. The van der Waals surface area contributed by atoms with E-state index in [1.165, 1.54) is 19.3 Å². The van der Waals surface area contributed by atoms with Gasteiger partial charge in [-0.2, -0.15) is 0 Å². The molecule has 0 aliphatic heterocycles. The first-order valence-corrected chi connectivity index (χ1v) is 7.03. The molecule has 0 amide bonds. The van der Waals surface area contributed by atoms with Gasteiger partial charge < -0.3 is 14.8 Å². The molecule has 1 aliphatic carbocycles. The van der Waals surface area contributed by atoms with Crippen LogP contribution in [0.4, 0.5) is 0 Å². The maximum absolute atomic E-state index is 10.9. The van der Waals surface area contributed by atoms with E-state index in [0.717, 1.165) is 5.92 Å². The van der Waals surface area contributed by atoms with Crippen molar-refractivity contribution >= 4 is 5.97 Å². The van der Waals surface area contributed by atoms with Crippen LogP contribution < -0.4 is 5.32 Å². The molecule has 3 unspecified atom stereocenters. The highest BCUT2D eigenvalue weighted by atomic mass is 16.4. The molecule has 4 nitrogen and oxygen atoms in total. The number of hydrogen-bond donors (Lipinski definition) is 2. The predicted molar refractivity (Wildman–Crippen MR) is 73.2 cm³/mol. The minimum Gasteiger partial charge on any atom is -0.475 e. The zero-order valence-electron chi connectivity index (χ0n) is 11.9. The molecule has 0 spiro atoms. The van der Waals surface area contributed by atoms with Gasteiger partial charge in [0.15, 0.2) is 0 Å². The number of aromatic carboxylic acids is 1. The van der Waals surface area contributed by atoms with Crippen LogP contribution in [0.3, 0.4) is 0 Å². The lowest BCUT2D eigenvalue weighted by atomic mass is 9.80. The van der Waals surface area contributed by atoms with E-state index in [1.54, 1.807) is 6.92 Å². The Morgan fingerprint density at radius 2 is 2.21 bits per heavy atom. The molecule has 19 heavy (non-hydrogen) atoms. The number of carbonyl (C=O) groups is 1. The molecule has 0 saturated heterocycles. The summed E-state index contributed by atoms with van der Waals surface area (Å²) in [5, 5.41) is 12.5. The lowest BCUT2D eigenvalue weighted by molar-refractivity contribution is 0.0658. The van der Waals surface area contributed by atoms with E-state index >= 15 is 0 Å². The first-order valence-electron chi connectivity index (χ1n) is 7.03. The van der Waals surface area contributed by atoms with Gasteiger partial charge in [0.1, 0.15) is 5.76 Å². The van der Waals surface area contributed by atoms with Crippen LogP contribution in [-0.4, -0.2) is 17.1 Å². The third kappa shape index (κ3) is 3.38.